The molecule has 0 saturated heterocycles. The molecular weight excluding hydrogens is 344 g/mol. The Morgan fingerprint density at radius 1 is 0.875 bits per heavy atom. The van der Waals surface area contributed by atoms with E-state index in [0.29, 0.717) is 12.8 Å². The van der Waals surface area contributed by atoms with Gasteiger partial charge in [-0.25, -0.2) is 0 Å². The minimum absolute atomic E-state index is 0.183. The molecule has 0 amide bonds. The second kappa shape index (κ2) is 13.0. The van der Waals surface area contributed by atoms with Crippen LogP contribution in [0, 0.1) is 0 Å². The molecule has 146 valence electrons. The zero-order chi connectivity index (χ0) is 19.4. The number of ether oxygens (including phenoxy) is 2. The summed E-state index contributed by atoms with van der Waals surface area (Å²) in [4.78, 5) is 11.2. The molecule has 6 nitrogen and oxygen atoms in total. The topological polar surface area (TPSA) is 63.2 Å². The van der Waals surface area contributed by atoms with Gasteiger partial charge in [-0.15, -0.1) is 0 Å². The number of rotatable bonds is 10. The van der Waals surface area contributed by atoms with Gasteiger partial charge in [0.25, 0.3) is 0 Å². The minimum Gasteiger partial charge on any atom is -0.436 e. The Hall–Kier alpha value is -0.256. The molecule has 0 aliphatic heterocycles. The zero-order valence-corrected chi connectivity index (χ0v) is 19.2. The Bertz CT molecular complexity index is 321. The average Bonchev–Trinajstić information content (AvgIpc) is 2.56. The van der Waals surface area contributed by atoms with Crippen molar-refractivity contribution in [3.8, 4) is 0 Å². The Balaban J connectivity index is 0. The van der Waals surface area contributed by atoms with Crippen LogP contribution in [0.5, 0.6) is 0 Å². The van der Waals surface area contributed by atoms with Crippen molar-refractivity contribution in [3.63, 3.8) is 0 Å². The smallest absolute Gasteiger partial charge is 0.436 e. The van der Waals surface area contributed by atoms with E-state index in [-0.39, 0.29) is 18.0 Å². The van der Waals surface area contributed by atoms with E-state index in [1.54, 1.807) is 28.3 Å². The van der Waals surface area contributed by atoms with Gasteiger partial charge in [-0.05, 0) is 6.42 Å². The van der Waals surface area contributed by atoms with E-state index in [0.717, 1.165) is 6.42 Å². The Morgan fingerprint density at radius 2 is 1.33 bits per heavy atom. The maximum absolute atomic E-state index is 11.2. The summed E-state index contributed by atoms with van der Waals surface area (Å²) in [5.41, 5.74) is 0.252. The fourth-order valence-corrected chi connectivity index (χ4v) is 4.07. The molecule has 2 atom stereocenters. The van der Waals surface area contributed by atoms with Gasteiger partial charge in [-0.2, -0.15) is 0 Å². The monoisotopic (exact) mass is 382 g/mol. The first kappa shape index (κ1) is 26.0. The summed E-state index contributed by atoms with van der Waals surface area (Å²) in [6.45, 7) is 14.5. The van der Waals surface area contributed by atoms with Gasteiger partial charge < -0.3 is 22.8 Å². The molecule has 0 spiro atoms. The summed E-state index contributed by atoms with van der Waals surface area (Å²) in [6.07, 6.45) is 1.73. The summed E-state index contributed by atoms with van der Waals surface area (Å²) in [5.74, 6) is -0.183. The molecule has 0 radical (unpaired) electrons. The second-order valence-corrected chi connectivity index (χ2v) is 14.9. The molecule has 0 aromatic rings. The van der Waals surface area contributed by atoms with Crippen molar-refractivity contribution in [2.24, 2.45) is 0 Å². The highest BCUT2D eigenvalue weighted by atomic mass is 28.4. The van der Waals surface area contributed by atoms with Crippen LogP contribution in [0.2, 0.25) is 26.2 Å². The van der Waals surface area contributed by atoms with Crippen LogP contribution in [0.4, 0.5) is 0 Å². The molecule has 0 rings (SSSR count). The first-order valence-electron chi connectivity index (χ1n) is 8.53. The number of esters is 1. The van der Waals surface area contributed by atoms with Crippen molar-refractivity contribution >= 4 is 22.8 Å². The fourth-order valence-electron chi connectivity index (χ4n) is 1.78. The van der Waals surface area contributed by atoms with Crippen LogP contribution in [0.15, 0.2) is 0 Å². The van der Waals surface area contributed by atoms with E-state index in [1.807, 2.05) is 13.5 Å². The molecule has 0 N–H and O–H groups in total. The van der Waals surface area contributed by atoms with E-state index >= 15 is 0 Å². The molecule has 0 aromatic heterocycles. The fraction of sp³-hybridized carbons (Fsp3) is 0.938. The maximum Gasteiger partial charge on any atom is 0.496 e. The van der Waals surface area contributed by atoms with Gasteiger partial charge in [-0.1, -0.05) is 40.4 Å². The molecule has 8 heteroatoms. The van der Waals surface area contributed by atoms with Crippen molar-refractivity contribution in [2.75, 3.05) is 21.3 Å². The van der Waals surface area contributed by atoms with Crippen LogP contribution in [0.1, 0.15) is 40.0 Å². The van der Waals surface area contributed by atoms with E-state index in [4.69, 9.17) is 22.8 Å². The zero-order valence-electron chi connectivity index (χ0n) is 17.2. The predicted molar refractivity (Wildman–Crippen MR) is 102 cm³/mol. The lowest BCUT2D eigenvalue weighted by atomic mass is 10.4. The maximum atomic E-state index is 11.2. The van der Waals surface area contributed by atoms with Crippen LogP contribution < -0.4 is 0 Å². The van der Waals surface area contributed by atoms with Crippen molar-refractivity contribution in [1.82, 2.24) is 0 Å². The van der Waals surface area contributed by atoms with Crippen LogP contribution in [0.3, 0.4) is 0 Å². The van der Waals surface area contributed by atoms with Crippen molar-refractivity contribution < 1.29 is 27.5 Å². The second-order valence-electron chi connectivity index (χ2n) is 6.55. The highest BCUT2D eigenvalue weighted by molar-refractivity contribution is 6.77. The first-order valence-corrected chi connectivity index (χ1v) is 14.3. The third kappa shape index (κ3) is 11.3. The van der Waals surface area contributed by atoms with Gasteiger partial charge in [0.1, 0.15) is 0 Å². The van der Waals surface area contributed by atoms with E-state index in [2.05, 4.69) is 26.6 Å². The van der Waals surface area contributed by atoms with Gasteiger partial charge >= 0.3 is 14.8 Å². The van der Waals surface area contributed by atoms with Crippen LogP contribution >= 0.6 is 0 Å². The van der Waals surface area contributed by atoms with Gasteiger partial charge in [0.15, 0.2) is 0 Å². The van der Waals surface area contributed by atoms with E-state index in [1.165, 1.54) is 0 Å². The number of hydrogen-bond acceptors (Lipinski definition) is 6. The van der Waals surface area contributed by atoms with E-state index in [9.17, 15) is 4.79 Å². The number of carbonyl (C=O) groups excluding carboxylic acids is 1. The Morgan fingerprint density at radius 3 is 1.54 bits per heavy atom. The van der Waals surface area contributed by atoms with Crippen molar-refractivity contribution in [2.45, 2.75) is 78.2 Å². The number of carbonyl (C=O) groups is 1. The molecular formula is C16H38O6Si2. The summed E-state index contributed by atoms with van der Waals surface area (Å²) in [6, 6.07) is 0. The SMILES string of the molecule is CCC(=O)OC(CC)OC(CC)[Si](C)(C)C.CO[Si](C)(OC)OC. The van der Waals surface area contributed by atoms with Crippen molar-refractivity contribution in [1.29, 1.82) is 0 Å². The lowest BCUT2D eigenvalue weighted by Gasteiger charge is -2.31. The first-order chi connectivity index (χ1) is 11.0. The van der Waals surface area contributed by atoms with Crippen LogP contribution in [0.25, 0.3) is 0 Å². The predicted octanol–water partition coefficient (Wildman–Crippen LogP) is 3.84. The Kier molecular flexibility index (Phi) is 14.1. The minimum atomic E-state index is -2.17. The summed E-state index contributed by atoms with van der Waals surface area (Å²) < 4.78 is 25.9. The highest BCUT2D eigenvalue weighted by Gasteiger charge is 2.30. The lowest BCUT2D eigenvalue weighted by Crippen LogP contribution is -2.43. The summed E-state index contributed by atoms with van der Waals surface area (Å²) in [5, 5.41) is 0. The molecule has 0 aromatic carbocycles. The lowest BCUT2D eigenvalue weighted by molar-refractivity contribution is -0.183. The van der Waals surface area contributed by atoms with Gasteiger partial charge in [0, 0.05) is 40.7 Å². The standard InChI is InChI=1S/C12H26O3Si.C4H12O3Si/c1-7-10(13)14-11(8-2)15-12(9-3)16(4,5)6;1-5-8(4,6-2)7-3/h11-12H,7-9H2,1-6H3;1-4H3. The normalized spacial score (nSPS) is 14.4. The third-order valence-electron chi connectivity index (χ3n) is 3.65. The molecule has 0 aliphatic rings. The molecule has 2 unspecified atom stereocenters. The molecule has 0 heterocycles. The molecule has 0 aliphatic carbocycles. The molecule has 0 fully saturated rings. The van der Waals surface area contributed by atoms with Gasteiger partial charge in [0.05, 0.1) is 13.8 Å². The third-order valence-corrected chi connectivity index (χ3v) is 8.35. The molecule has 24 heavy (non-hydrogen) atoms. The largest absolute Gasteiger partial charge is 0.496 e. The van der Waals surface area contributed by atoms with Gasteiger partial charge in [-0.3, -0.25) is 4.79 Å². The van der Waals surface area contributed by atoms with Crippen LogP contribution in [-0.4, -0.2) is 56.2 Å². The molecule has 0 bridgehead atoms. The Labute approximate surface area is 150 Å². The molecule has 0 saturated carbocycles. The average molecular weight is 383 g/mol. The van der Waals surface area contributed by atoms with Crippen LogP contribution in [-0.2, 0) is 27.5 Å². The summed E-state index contributed by atoms with van der Waals surface area (Å²) >= 11 is 0. The van der Waals surface area contributed by atoms with Crippen molar-refractivity contribution in [3.05, 3.63) is 0 Å². The van der Waals surface area contributed by atoms with E-state index < -0.39 is 16.9 Å². The number of hydrogen-bond donors (Lipinski definition) is 0. The van der Waals surface area contributed by atoms with Gasteiger partial charge in [0.2, 0.25) is 6.29 Å². The summed E-state index contributed by atoms with van der Waals surface area (Å²) in [7, 11) is 1.24. The highest BCUT2D eigenvalue weighted by Crippen LogP contribution is 2.18. The quantitative estimate of drug-likeness (QED) is 0.325.